The molecule has 0 spiro atoms. The minimum absolute atomic E-state index is 0.0624. The van der Waals surface area contributed by atoms with Crippen molar-refractivity contribution in [2.75, 3.05) is 0 Å². The van der Waals surface area contributed by atoms with Crippen LogP contribution in [0.2, 0.25) is 0 Å². The number of aliphatic carboxylic acids is 1. The molecule has 1 aliphatic carbocycles. The van der Waals surface area contributed by atoms with Crippen LogP contribution in [-0.2, 0) is 9.59 Å². The molecule has 0 saturated heterocycles. The van der Waals surface area contributed by atoms with Crippen molar-refractivity contribution < 1.29 is 14.7 Å². The molecular formula is C9H14O3. The van der Waals surface area contributed by atoms with Gasteiger partial charge in [-0.05, 0) is 13.3 Å². The van der Waals surface area contributed by atoms with Crippen LogP contribution in [0.3, 0.4) is 0 Å². The Morgan fingerprint density at radius 2 is 1.92 bits per heavy atom. The van der Waals surface area contributed by atoms with Crippen LogP contribution in [-0.4, -0.2) is 16.9 Å². The zero-order valence-corrected chi connectivity index (χ0v) is 7.68. The number of carbonyl (C=O) groups excluding carboxylic acids is 1. The lowest BCUT2D eigenvalue weighted by Gasteiger charge is -2.32. The highest BCUT2D eigenvalue weighted by Gasteiger charge is 2.55. The van der Waals surface area contributed by atoms with Crippen LogP contribution in [0.25, 0.3) is 0 Å². The van der Waals surface area contributed by atoms with Crippen molar-refractivity contribution >= 4 is 11.8 Å². The molecule has 0 aromatic heterocycles. The maximum atomic E-state index is 11.4. The third kappa shape index (κ3) is 0.886. The van der Waals surface area contributed by atoms with Crippen LogP contribution in [0, 0.1) is 10.8 Å². The first-order chi connectivity index (χ1) is 5.32. The van der Waals surface area contributed by atoms with Crippen molar-refractivity contribution in [3.05, 3.63) is 0 Å². The molecule has 1 N–H and O–H groups in total. The van der Waals surface area contributed by atoms with Crippen molar-refractivity contribution in [1.29, 1.82) is 0 Å². The summed E-state index contributed by atoms with van der Waals surface area (Å²) in [5.74, 6) is -0.800. The van der Waals surface area contributed by atoms with Gasteiger partial charge in [-0.1, -0.05) is 13.8 Å². The normalized spacial score (nSPS) is 33.8. The Bertz CT molecular complexity index is 242. The quantitative estimate of drug-likeness (QED) is 0.648. The summed E-state index contributed by atoms with van der Waals surface area (Å²) in [5, 5.41) is 8.97. The van der Waals surface area contributed by atoms with Crippen molar-refractivity contribution in [2.45, 2.75) is 33.6 Å². The summed E-state index contributed by atoms with van der Waals surface area (Å²) >= 11 is 0. The van der Waals surface area contributed by atoms with Crippen molar-refractivity contribution in [3.63, 3.8) is 0 Å². The van der Waals surface area contributed by atoms with Crippen molar-refractivity contribution in [1.82, 2.24) is 0 Å². The number of rotatable bonds is 1. The van der Waals surface area contributed by atoms with E-state index in [-0.39, 0.29) is 5.78 Å². The largest absolute Gasteiger partial charge is 0.481 e. The Labute approximate surface area is 71.8 Å². The zero-order valence-electron chi connectivity index (χ0n) is 7.68. The molecule has 0 bridgehead atoms. The molecule has 1 aliphatic rings. The van der Waals surface area contributed by atoms with Gasteiger partial charge in [-0.25, -0.2) is 0 Å². The van der Waals surface area contributed by atoms with Crippen LogP contribution in [0.5, 0.6) is 0 Å². The van der Waals surface area contributed by atoms with Gasteiger partial charge in [0.25, 0.3) is 0 Å². The third-order valence-electron chi connectivity index (χ3n) is 3.40. The fourth-order valence-electron chi connectivity index (χ4n) is 1.67. The maximum Gasteiger partial charge on any atom is 0.310 e. The zero-order chi connectivity index (χ0) is 9.57. The Hall–Kier alpha value is -0.860. The summed E-state index contributed by atoms with van der Waals surface area (Å²) in [4.78, 5) is 22.3. The number of ketones is 1. The minimum atomic E-state index is -0.871. The smallest absolute Gasteiger partial charge is 0.310 e. The number of hydrogen-bond acceptors (Lipinski definition) is 2. The first-order valence-corrected chi connectivity index (χ1v) is 4.09. The van der Waals surface area contributed by atoms with E-state index in [0.717, 1.165) is 0 Å². The molecule has 0 aromatic rings. The van der Waals surface area contributed by atoms with E-state index in [2.05, 4.69) is 0 Å². The van der Waals surface area contributed by atoms with Gasteiger partial charge in [0.05, 0.1) is 5.41 Å². The van der Waals surface area contributed by atoms with Crippen molar-refractivity contribution in [3.8, 4) is 0 Å². The molecule has 1 atom stereocenters. The Balaban J connectivity index is 3.10. The molecule has 12 heavy (non-hydrogen) atoms. The van der Waals surface area contributed by atoms with E-state index in [1.165, 1.54) is 0 Å². The number of Topliss-reactive ketones (excluding diaryl/α,β-unsaturated/α-hetero) is 1. The maximum absolute atomic E-state index is 11.4. The summed E-state index contributed by atoms with van der Waals surface area (Å²) < 4.78 is 0. The van der Waals surface area contributed by atoms with Gasteiger partial charge < -0.3 is 5.11 Å². The van der Waals surface area contributed by atoms with Crippen LogP contribution in [0.15, 0.2) is 0 Å². The summed E-state index contributed by atoms with van der Waals surface area (Å²) in [5.41, 5.74) is -1.58. The number of carboxylic acid groups (broad SMARTS) is 1. The van der Waals surface area contributed by atoms with Gasteiger partial charge in [-0.15, -0.1) is 0 Å². The van der Waals surface area contributed by atoms with E-state index in [9.17, 15) is 9.59 Å². The topological polar surface area (TPSA) is 54.4 Å². The molecule has 1 saturated carbocycles. The second kappa shape index (κ2) is 2.31. The van der Waals surface area contributed by atoms with Crippen molar-refractivity contribution in [2.24, 2.45) is 10.8 Å². The van der Waals surface area contributed by atoms with Gasteiger partial charge in [0.1, 0.15) is 5.78 Å². The third-order valence-corrected chi connectivity index (χ3v) is 3.40. The lowest BCUT2D eigenvalue weighted by atomic mass is 9.69. The fourth-order valence-corrected chi connectivity index (χ4v) is 1.67. The lowest BCUT2D eigenvalue weighted by Crippen LogP contribution is -2.40. The predicted molar refractivity (Wildman–Crippen MR) is 43.8 cm³/mol. The summed E-state index contributed by atoms with van der Waals surface area (Å²) in [6.07, 6.45) is 0.865. The first kappa shape index (κ1) is 9.23. The van der Waals surface area contributed by atoms with Crippen LogP contribution < -0.4 is 0 Å². The second-order valence-electron chi connectivity index (χ2n) is 4.19. The molecule has 0 heterocycles. The van der Waals surface area contributed by atoms with E-state index >= 15 is 0 Å². The molecular weight excluding hydrogens is 156 g/mol. The first-order valence-electron chi connectivity index (χ1n) is 4.09. The van der Waals surface area contributed by atoms with E-state index in [4.69, 9.17) is 5.11 Å². The fraction of sp³-hybridized carbons (Fsp3) is 0.778. The molecule has 0 aromatic carbocycles. The number of carbonyl (C=O) groups is 2. The molecule has 3 heteroatoms. The standard InChI is InChI=1S/C9H14O3/c1-8(2)6(10)4-5-9(8,3)7(11)12/h4-5H2,1-3H3,(H,11,12)/t9-/m0/s1. The lowest BCUT2D eigenvalue weighted by molar-refractivity contribution is -0.155. The minimum Gasteiger partial charge on any atom is -0.481 e. The van der Waals surface area contributed by atoms with E-state index in [0.29, 0.717) is 12.8 Å². The van der Waals surface area contributed by atoms with E-state index < -0.39 is 16.8 Å². The second-order valence-corrected chi connectivity index (χ2v) is 4.19. The monoisotopic (exact) mass is 170 g/mol. The molecule has 1 fully saturated rings. The van der Waals surface area contributed by atoms with Gasteiger partial charge in [-0.3, -0.25) is 9.59 Å². The Morgan fingerprint density at radius 1 is 1.42 bits per heavy atom. The van der Waals surface area contributed by atoms with Crippen LogP contribution in [0.1, 0.15) is 33.6 Å². The Kier molecular flexibility index (Phi) is 1.78. The molecule has 0 unspecified atom stereocenters. The molecule has 68 valence electrons. The summed E-state index contributed by atoms with van der Waals surface area (Å²) in [6, 6.07) is 0. The van der Waals surface area contributed by atoms with Gasteiger partial charge >= 0.3 is 5.97 Å². The van der Waals surface area contributed by atoms with Gasteiger partial charge in [0.2, 0.25) is 0 Å². The van der Waals surface area contributed by atoms with Crippen LogP contribution >= 0.6 is 0 Å². The van der Waals surface area contributed by atoms with E-state index in [1.807, 2.05) is 0 Å². The summed E-state index contributed by atoms with van der Waals surface area (Å²) in [6.45, 7) is 5.09. The molecule has 1 rings (SSSR count). The number of hydrogen-bond donors (Lipinski definition) is 1. The van der Waals surface area contributed by atoms with Gasteiger partial charge in [0.15, 0.2) is 0 Å². The highest BCUT2D eigenvalue weighted by Crippen LogP contribution is 2.50. The SMILES string of the molecule is CC1(C)C(=O)CC[C@@]1(C)C(=O)O. The van der Waals surface area contributed by atoms with E-state index in [1.54, 1.807) is 20.8 Å². The predicted octanol–water partition coefficient (Wildman–Crippen LogP) is 1.47. The van der Waals surface area contributed by atoms with Crippen LogP contribution in [0.4, 0.5) is 0 Å². The number of carboxylic acids is 1. The van der Waals surface area contributed by atoms with Gasteiger partial charge in [0, 0.05) is 11.8 Å². The Morgan fingerprint density at radius 3 is 2.08 bits per heavy atom. The molecule has 3 nitrogen and oxygen atoms in total. The molecule has 0 aliphatic heterocycles. The average Bonchev–Trinajstić information content (AvgIpc) is 2.15. The highest BCUT2D eigenvalue weighted by molar-refractivity contribution is 5.94. The van der Waals surface area contributed by atoms with Gasteiger partial charge in [-0.2, -0.15) is 0 Å². The summed E-state index contributed by atoms with van der Waals surface area (Å²) in [7, 11) is 0. The molecule has 0 amide bonds. The highest BCUT2D eigenvalue weighted by atomic mass is 16.4. The average molecular weight is 170 g/mol. The molecule has 0 radical (unpaired) electrons.